The van der Waals surface area contributed by atoms with Crippen LogP contribution in [0.1, 0.15) is 65.6 Å². The van der Waals surface area contributed by atoms with Crippen molar-refractivity contribution in [2.24, 2.45) is 0 Å². The number of nitrogens with one attached hydrogen (secondary N) is 1. The fourth-order valence-corrected chi connectivity index (χ4v) is 4.53. The summed E-state index contributed by atoms with van der Waals surface area (Å²) in [5.74, 6) is 1.81. The van der Waals surface area contributed by atoms with Crippen LogP contribution in [0, 0.1) is 0 Å². The zero-order valence-electron chi connectivity index (χ0n) is 16.4. The quantitative estimate of drug-likeness (QED) is 0.802. The fourth-order valence-electron chi connectivity index (χ4n) is 4.53. The number of ether oxygens (including phenoxy) is 1. The Balaban J connectivity index is 1.35. The summed E-state index contributed by atoms with van der Waals surface area (Å²) >= 11 is 0. The van der Waals surface area contributed by atoms with E-state index in [0.29, 0.717) is 11.5 Å². The summed E-state index contributed by atoms with van der Waals surface area (Å²) in [6, 6.07) is 1.90. The van der Waals surface area contributed by atoms with Crippen molar-refractivity contribution in [1.29, 1.82) is 0 Å². The van der Waals surface area contributed by atoms with Crippen molar-refractivity contribution in [2.45, 2.75) is 51.2 Å². The van der Waals surface area contributed by atoms with Gasteiger partial charge in [-0.15, -0.1) is 0 Å². The summed E-state index contributed by atoms with van der Waals surface area (Å²) in [4.78, 5) is 28.7. The highest BCUT2D eigenvalue weighted by atomic mass is 16.6. The molecular formula is C21H25N5O2. The van der Waals surface area contributed by atoms with E-state index in [1.54, 1.807) is 6.20 Å². The zero-order chi connectivity index (χ0) is 19.3. The molecule has 1 N–H and O–H groups in total. The predicted molar refractivity (Wildman–Crippen MR) is 104 cm³/mol. The van der Waals surface area contributed by atoms with Crippen LogP contribution in [0.4, 0.5) is 5.82 Å². The van der Waals surface area contributed by atoms with E-state index in [9.17, 15) is 4.79 Å². The van der Waals surface area contributed by atoms with Crippen LogP contribution >= 0.6 is 0 Å². The van der Waals surface area contributed by atoms with Crippen LogP contribution in [0.15, 0.2) is 18.5 Å². The highest BCUT2D eigenvalue weighted by Crippen LogP contribution is 2.40. The third-order valence-electron chi connectivity index (χ3n) is 6.12. The smallest absolute Gasteiger partial charge is 0.343 e. The van der Waals surface area contributed by atoms with E-state index < -0.39 is 5.60 Å². The molecule has 0 radical (unpaired) electrons. The lowest BCUT2D eigenvalue weighted by molar-refractivity contribution is 0.00956. The van der Waals surface area contributed by atoms with Crippen LogP contribution in [0.5, 0.6) is 0 Å². The minimum atomic E-state index is -0.589. The molecule has 1 saturated heterocycles. The molecule has 0 bridgehead atoms. The number of piperidine rings is 1. The second kappa shape index (κ2) is 6.51. The van der Waals surface area contributed by atoms with Crippen molar-refractivity contribution in [3.63, 3.8) is 0 Å². The standard InChI is InChI=1S/C21H25N5O2/c1-21(2)15-3-8-23-19(17(15)20(27)28-21)26-9-5-13(6-10-26)18-24-12-14-11-22-7-4-16(14)25-18/h3,8,12-13,22H,4-7,9-11H2,1-2H3. The van der Waals surface area contributed by atoms with E-state index >= 15 is 0 Å². The van der Waals surface area contributed by atoms with E-state index in [4.69, 9.17) is 9.72 Å². The van der Waals surface area contributed by atoms with Crippen molar-refractivity contribution >= 4 is 11.8 Å². The third-order valence-corrected chi connectivity index (χ3v) is 6.12. The summed E-state index contributed by atoms with van der Waals surface area (Å²) in [6.45, 7) is 7.38. The summed E-state index contributed by atoms with van der Waals surface area (Å²) in [5.41, 5.74) is 3.38. The second-order valence-electron chi connectivity index (χ2n) is 8.35. The van der Waals surface area contributed by atoms with Gasteiger partial charge in [0.25, 0.3) is 0 Å². The SMILES string of the molecule is CC1(C)OC(=O)c2c1ccnc2N1CCC(c2ncc3c(n2)CCNC3)CC1. The van der Waals surface area contributed by atoms with Gasteiger partial charge in [-0.2, -0.15) is 0 Å². The summed E-state index contributed by atoms with van der Waals surface area (Å²) in [6.07, 6.45) is 6.66. The van der Waals surface area contributed by atoms with Gasteiger partial charge in [0.05, 0.1) is 0 Å². The van der Waals surface area contributed by atoms with Crippen LogP contribution in [0.25, 0.3) is 0 Å². The van der Waals surface area contributed by atoms with Crippen molar-refractivity contribution in [3.8, 4) is 0 Å². The average molecular weight is 379 g/mol. The first-order valence-electron chi connectivity index (χ1n) is 10.1. The van der Waals surface area contributed by atoms with Gasteiger partial charge < -0.3 is 15.0 Å². The Hall–Kier alpha value is -2.54. The first-order valence-corrected chi connectivity index (χ1v) is 10.1. The molecule has 0 unspecified atom stereocenters. The van der Waals surface area contributed by atoms with E-state index in [0.717, 1.165) is 62.6 Å². The fraction of sp³-hybridized carbons (Fsp3) is 0.524. The lowest BCUT2D eigenvalue weighted by atomic mass is 9.93. The maximum Gasteiger partial charge on any atom is 0.343 e. The maximum absolute atomic E-state index is 12.5. The highest BCUT2D eigenvalue weighted by molar-refractivity contribution is 5.99. The normalized spacial score (nSPS) is 21.2. The number of nitrogens with zero attached hydrogens (tertiary/aromatic N) is 4. The number of aromatic nitrogens is 3. The molecule has 7 heteroatoms. The lowest BCUT2D eigenvalue weighted by Gasteiger charge is -2.33. The van der Waals surface area contributed by atoms with E-state index in [-0.39, 0.29) is 5.97 Å². The monoisotopic (exact) mass is 379 g/mol. The van der Waals surface area contributed by atoms with E-state index in [1.165, 1.54) is 11.3 Å². The van der Waals surface area contributed by atoms with Gasteiger partial charge >= 0.3 is 5.97 Å². The van der Waals surface area contributed by atoms with Crippen molar-refractivity contribution in [1.82, 2.24) is 20.3 Å². The number of hydrogen-bond donors (Lipinski definition) is 1. The molecule has 2 aromatic heterocycles. The Kier molecular flexibility index (Phi) is 4.08. The predicted octanol–water partition coefficient (Wildman–Crippen LogP) is 2.31. The number of rotatable bonds is 2. The molecule has 0 spiro atoms. The molecule has 146 valence electrons. The van der Waals surface area contributed by atoms with Crippen LogP contribution in [-0.2, 0) is 23.3 Å². The number of pyridine rings is 1. The van der Waals surface area contributed by atoms with Gasteiger partial charge in [0.1, 0.15) is 22.8 Å². The Bertz CT molecular complexity index is 934. The Morgan fingerprint density at radius 2 is 2.07 bits per heavy atom. The first-order chi connectivity index (χ1) is 13.5. The molecule has 3 aliphatic heterocycles. The molecular weight excluding hydrogens is 354 g/mol. The van der Waals surface area contributed by atoms with Gasteiger partial charge in [0.2, 0.25) is 0 Å². The van der Waals surface area contributed by atoms with Crippen LogP contribution in [0.2, 0.25) is 0 Å². The van der Waals surface area contributed by atoms with Crippen LogP contribution in [0.3, 0.4) is 0 Å². The molecule has 2 aromatic rings. The number of carbonyl (C=O) groups excluding carboxylic acids is 1. The number of esters is 1. The molecule has 5 rings (SSSR count). The summed E-state index contributed by atoms with van der Waals surface area (Å²) in [5, 5.41) is 3.36. The minimum Gasteiger partial charge on any atom is -0.451 e. The van der Waals surface area contributed by atoms with E-state index in [2.05, 4.69) is 20.2 Å². The number of anilines is 1. The molecule has 0 saturated carbocycles. The first kappa shape index (κ1) is 17.6. The van der Waals surface area contributed by atoms with E-state index in [1.807, 2.05) is 26.1 Å². The number of cyclic esters (lactones) is 1. The van der Waals surface area contributed by atoms with Gasteiger partial charge in [-0.1, -0.05) is 0 Å². The molecule has 0 atom stereocenters. The summed E-state index contributed by atoms with van der Waals surface area (Å²) in [7, 11) is 0. The van der Waals surface area contributed by atoms with Crippen molar-refractivity contribution < 1.29 is 9.53 Å². The van der Waals surface area contributed by atoms with Crippen molar-refractivity contribution in [2.75, 3.05) is 24.5 Å². The largest absolute Gasteiger partial charge is 0.451 e. The molecule has 0 amide bonds. The maximum atomic E-state index is 12.5. The summed E-state index contributed by atoms with van der Waals surface area (Å²) < 4.78 is 5.56. The van der Waals surface area contributed by atoms with Gasteiger partial charge in [-0.05, 0) is 32.8 Å². The zero-order valence-corrected chi connectivity index (χ0v) is 16.4. The van der Waals surface area contributed by atoms with Crippen LogP contribution < -0.4 is 10.2 Å². The van der Waals surface area contributed by atoms with Gasteiger partial charge in [0.15, 0.2) is 0 Å². The molecule has 3 aliphatic rings. The Morgan fingerprint density at radius 1 is 1.25 bits per heavy atom. The average Bonchev–Trinajstić information content (AvgIpc) is 2.96. The molecule has 7 nitrogen and oxygen atoms in total. The topological polar surface area (TPSA) is 80.2 Å². The molecule has 0 aromatic carbocycles. The lowest BCUT2D eigenvalue weighted by Crippen LogP contribution is -2.35. The van der Waals surface area contributed by atoms with Crippen LogP contribution in [-0.4, -0.2) is 40.6 Å². The second-order valence-corrected chi connectivity index (χ2v) is 8.35. The third kappa shape index (κ3) is 2.85. The number of fused-ring (bicyclic) bond motifs is 2. The molecule has 28 heavy (non-hydrogen) atoms. The highest BCUT2D eigenvalue weighted by Gasteiger charge is 2.41. The number of carbonyl (C=O) groups is 1. The van der Waals surface area contributed by atoms with Gasteiger partial charge in [-0.25, -0.2) is 19.7 Å². The Labute approximate surface area is 164 Å². The Morgan fingerprint density at radius 3 is 2.89 bits per heavy atom. The minimum absolute atomic E-state index is 0.267. The van der Waals surface area contributed by atoms with Gasteiger partial charge in [0, 0.05) is 67.7 Å². The molecule has 1 fully saturated rings. The van der Waals surface area contributed by atoms with Crippen molar-refractivity contribution in [3.05, 3.63) is 46.7 Å². The van der Waals surface area contributed by atoms with Gasteiger partial charge in [-0.3, -0.25) is 0 Å². The molecule has 5 heterocycles. The number of hydrogen-bond acceptors (Lipinski definition) is 7. The molecule has 0 aliphatic carbocycles.